The van der Waals surface area contributed by atoms with Gasteiger partial charge in [0.1, 0.15) is 18.0 Å². The average molecular weight is 279 g/mol. The number of carbonyl (C=O) groups is 2. The second kappa shape index (κ2) is 6.93. The van der Waals surface area contributed by atoms with Gasteiger partial charge in [0.2, 0.25) is 0 Å². The average Bonchev–Trinajstić information content (AvgIpc) is 2.33. The molecule has 0 aliphatic carbocycles. The zero-order chi connectivity index (χ0) is 15.2. The molecule has 0 saturated heterocycles. The maximum Gasteiger partial charge on any atom is 0.407 e. The number of alkyl carbamates (subject to hydrolysis) is 1. The fourth-order valence-corrected chi connectivity index (χ4v) is 1.42. The number of nitrogens with one attached hydrogen (secondary N) is 1. The summed E-state index contributed by atoms with van der Waals surface area (Å²) in [6.45, 7) is 7.61. The number of hydrogen-bond donors (Lipinski definition) is 1. The molecule has 1 rings (SSSR count). The van der Waals surface area contributed by atoms with Crippen molar-refractivity contribution in [1.29, 1.82) is 0 Å². The van der Waals surface area contributed by atoms with Crippen LogP contribution >= 0.6 is 0 Å². The van der Waals surface area contributed by atoms with Crippen LogP contribution in [-0.4, -0.2) is 30.6 Å². The van der Waals surface area contributed by atoms with Crippen molar-refractivity contribution in [1.82, 2.24) is 5.32 Å². The second-order valence-corrected chi connectivity index (χ2v) is 5.36. The van der Waals surface area contributed by atoms with Crippen LogP contribution in [0.2, 0.25) is 0 Å². The quantitative estimate of drug-likeness (QED) is 0.665. The van der Waals surface area contributed by atoms with Gasteiger partial charge in [0, 0.05) is 5.56 Å². The Morgan fingerprint density at radius 3 is 2.25 bits per heavy atom. The molecular weight excluding hydrogens is 258 g/mol. The molecule has 0 heterocycles. The van der Waals surface area contributed by atoms with E-state index in [2.05, 4.69) is 5.32 Å². The molecule has 0 atom stereocenters. The van der Waals surface area contributed by atoms with Crippen molar-refractivity contribution in [3.05, 3.63) is 29.8 Å². The van der Waals surface area contributed by atoms with Gasteiger partial charge in [-0.25, -0.2) is 4.79 Å². The van der Waals surface area contributed by atoms with Crippen molar-refractivity contribution in [2.75, 3.05) is 13.2 Å². The Balaban J connectivity index is 2.27. The van der Waals surface area contributed by atoms with Crippen LogP contribution in [0.15, 0.2) is 24.3 Å². The van der Waals surface area contributed by atoms with E-state index in [0.717, 1.165) is 0 Å². The first-order valence-corrected chi connectivity index (χ1v) is 6.48. The third kappa shape index (κ3) is 6.22. The van der Waals surface area contributed by atoms with E-state index in [1.807, 2.05) is 0 Å². The van der Waals surface area contributed by atoms with Crippen LogP contribution in [0.25, 0.3) is 0 Å². The van der Waals surface area contributed by atoms with Gasteiger partial charge in [0.15, 0.2) is 5.78 Å². The smallest absolute Gasteiger partial charge is 0.407 e. The predicted molar refractivity (Wildman–Crippen MR) is 76.2 cm³/mol. The molecular formula is C15H21NO4. The highest BCUT2D eigenvalue weighted by Crippen LogP contribution is 2.12. The summed E-state index contributed by atoms with van der Waals surface area (Å²) < 4.78 is 10.5. The summed E-state index contributed by atoms with van der Waals surface area (Å²) in [6.07, 6.45) is -0.465. The van der Waals surface area contributed by atoms with Crippen molar-refractivity contribution in [3.63, 3.8) is 0 Å². The third-order valence-electron chi connectivity index (χ3n) is 2.30. The summed E-state index contributed by atoms with van der Waals surface area (Å²) in [7, 11) is 0. The minimum atomic E-state index is -0.506. The Kier molecular flexibility index (Phi) is 5.55. The van der Waals surface area contributed by atoms with Crippen LogP contribution < -0.4 is 10.1 Å². The zero-order valence-corrected chi connectivity index (χ0v) is 12.4. The van der Waals surface area contributed by atoms with Crippen LogP contribution in [0.4, 0.5) is 4.79 Å². The summed E-state index contributed by atoms with van der Waals surface area (Å²) >= 11 is 0. The number of carbonyl (C=O) groups excluding carboxylic acids is 2. The fraction of sp³-hybridized carbons (Fsp3) is 0.467. The summed E-state index contributed by atoms with van der Waals surface area (Å²) in [5, 5.41) is 2.60. The Labute approximate surface area is 119 Å². The molecule has 0 unspecified atom stereocenters. The van der Waals surface area contributed by atoms with Crippen molar-refractivity contribution in [3.8, 4) is 5.75 Å². The van der Waals surface area contributed by atoms with Gasteiger partial charge in [-0.1, -0.05) is 0 Å². The molecule has 5 heteroatoms. The number of amides is 1. The largest absolute Gasteiger partial charge is 0.492 e. The van der Waals surface area contributed by atoms with E-state index in [1.165, 1.54) is 6.92 Å². The van der Waals surface area contributed by atoms with Crippen LogP contribution in [0, 0.1) is 0 Å². The highest BCUT2D eigenvalue weighted by Gasteiger charge is 2.15. The predicted octanol–water partition coefficient (Wildman–Crippen LogP) is 2.79. The van der Waals surface area contributed by atoms with Gasteiger partial charge in [-0.3, -0.25) is 4.79 Å². The van der Waals surface area contributed by atoms with E-state index in [-0.39, 0.29) is 5.78 Å². The molecule has 1 aromatic carbocycles. The van der Waals surface area contributed by atoms with E-state index < -0.39 is 11.7 Å². The number of ether oxygens (including phenoxy) is 2. The molecule has 0 spiro atoms. The molecule has 1 aromatic rings. The molecule has 0 bridgehead atoms. The minimum absolute atomic E-state index is 0.0168. The Hall–Kier alpha value is -2.04. The lowest BCUT2D eigenvalue weighted by Crippen LogP contribution is -2.34. The molecule has 0 aliphatic rings. The lowest BCUT2D eigenvalue weighted by Gasteiger charge is -2.19. The molecule has 110 valence electrons. The number of rotatable bonds is 5. The molecule has 1 N–H and O–H groups in total. The van der Waals surface area contributed by atoms with E-state index in [9.17, 15) is 9.59 Å². The Morgan fingerprint density at radius 1 is 1.15 bits per heavy atom. The highest BCUT2D eigenvalue weighted by atomic mass is 16.6. The minimum Gasteiger partial charge on any atom is -0.492 e. The topological polar surface area (TPSA) is 64.6 Å². The molecule has 0 saturated carbocycles. The molecule has 1 amide bonds. The monoisotopic (exact) mass is 279 g/mol. The van der Waals surface area contributed by atoms with Gasteiger partial charge in [-0.15, -0.1) is 0 Å². The van der Waals surface area contributed by atoms with Gasteiger partial charge in [-0.05, 0) is 52.0 Å². The molecule has 20 heavy (non-hydrogen) atoms. The van der Waals surface area contributed by atoms with Crippen molar-refractivity contribution >= 4 is 11.9 Å². The van der Waals surface area contributed by atoms with E-state index in [1.54, 1.807) is 45.0 Å². The third-order valence-corrected chi connectivity index (χ3v) is 2.30. The van der Waals surface area contributed by atoms with Gasteiger partial charge < -0.3 is 14.8 Å². The van der Waals surface area contributed by atoms with Crippen LogP contribution in [0.5, 0.6) is 5.75 Å². The number of benzene rings is 1. The van der Waals surface area contributed by atoms with Gasteiger partial charge in [0.25, 0.3) is 0 Å². The summed E-state index contributed by atoms with van der Waals surface area (Å²) in [6, 6.07) is 6.87. The Morgan fingerprint density at radius 2 is 1.75 bits per heavy atom. The van der Waals surface area contributed by atoms with Crippen molar-refractivity contribution in [2.24, 2.45) is 0 Å². The van der Waals surface area contributed by atoms with E-state index in [0.29, 0.717) is 24.5 Å². The summed E-state index contributed by atoms with van der Waals surface area (Å²) in [5.74, 6) is 0.670. The maximum atomic E-state index is 11.4. The SMILES string of the molecule is CC(=O)c1ccc(OCCNC(=O)OC(C)(C)C)cc1. The number of Topliss-reactive ketones (excluding diaryl/α,β-unsaturated/α-hetero) is 1. The Bertz CT molecular complexity index is 460. The first-order chi connectivity index (χ1) is 9.28. The number of ketones is 1. The second-order valence-electron chi connectivity index (χ2n) is 5.36. The van der Waals surface area contributed by atoms with Crippen LogP contribution in [-0.2, 0) is 4.74 Å². The van der Waals surface area contributed by atoms with Crippen molar-refractivity contribution in [2.45, 2.75) is 33.3 Å². The zero-order valence-electron chi connectivity index (χ0n) is 12.4. The fourth-order valence-electron chi connectivity index (χ4n) is 1.42. The van der Waals surface area contributed by atoms with Crippen LogP contribution in [0.1, 0.15) is 38.1 Å². The van der Waals surface area contributed by atoms with Crippen LogP contribution in [0.3, 0.4) is 0 Å². The number of hydrogen-bond acceptors (Lipinski definition) is 4. The molecule has 0 fully saturated rings. The molecule has 0 aromatic heterocycles. The first kappa shape index (κ1) is 16.0. The van der Waals surface area contributed by atoms with E-state index >= 15 is 0 Å². The molecule has 0 radical (unpaired) electrons. The van der Waals surface area contributed by atoms with Gasteiger partial charge in [0.05, 0.1) is 6.54 Å². The first-order valence-electron chi connectivity index (χ1n) is 6.48. The molecule has 5 nitrogen and oxygen atoms in total. The maximum absolute atomic E-state index is 11.4. The lowest BCUT2D eigenvalue weighted by atomic mass is 10.1. The normalized spacial score (nSPS) is 10.8. The summed E-state index contributed by atoms with van der Waals surface area (Å²) in [4.78, 5) is 22.5. The standard InChI is InChI=1S/C15H21NO4/c1-11(17)12-5-7-13(8-6-12)19-10-9-16-14(18)20-15(2,3)4/h5-8H,9-10H2,1-4H3,(H,16,18). The van der Waals surface area contributed by atoms with Gasteiger partial charge >= 0.3 is 6.09 Å². The molecule has 0 aliphatic heterocycles. The highest BCUT2D eigenvalue weighted by molar-refractivity contribution is 5.94. The summed E-state index contributed by atoms with van der Waals surface area (Å²) in [5.41, 5.74) is 0.136. The lowest BCUT2D eigenvalue weighted by molar-refractivity contribution is 0.0520. The van der Waals surface area contributed by atoms with Gasteiger partial charge in [-0.2, -0.15) is 0 Å². The van der Waals surface area contributed by atoms with Crippen molar-refractivity contribution < 1.29 is 19.1 Å². The van der Waals surface area contributed by atoms with E-state index in [4.69, 9.17) is 9.47 Å².